The number of carbonyl (C=O) groups excluding carboxylic acids is 2. The van der Waals surface area contributed by atoms with Crippen molar-refractivity contribution in [2.45, 2.75) is 88.5 Å². The Labute approximate surface area is 310 Å². The molecular formula is C41H49ClN2O8. The van der Waals surface area contributed by atoms with E-state index in [9.17, 15) is 9.59 Å². The number of hydrogen-bond donors (Lipinski definition) is 1. The molecule has 0 radical (unpaired) electrons. The molecule has 0 bridgehead atoms. The molecular weight excluding hydrogens is 684 g/mol. The summed E-state index contributed by atoms with van der Waals surface area (Å²) in [5.41, 5.74) is 4.60. The van der Waals surface area contributed by atoms with Crippen molar-refractivity contribution in [2.24, 2.45) is 11.8 Å². The third-order valence-electron chi connectivity index (χ3n) is 11.6. The largest absolute Gasteiger partial charge is 0.493 e. The molecule has 0 saturated heterocycles. The fraction of sp³-hybridized carbons (Fsp3) is 0.537. The number of methoxy groups -OCH3 is 1. The third-order valence-corrected chi connectivity index (χ3v) is 11.8. The highest BCUT2D eigenvalue weighted by Crippen LogP contribution is 2.58. The molecule has 278 valence electrons. The van der Waals surface area contributed by atoms with Crippen LogP contribution >= 0.6 is 11.6 Å². The van der Waals surface area contributed by atoms with Gasteiger partial charge in [-0.25, -0.2) is 9.59 Å². The average Bonchev–Trinajstić information content (AvgIpc) is 3.71. The van der Waals surface area contributed by atoms with Gasteiger partial charge in [0.25, 0.3) is 0 Å². The van der Waals surface area contributed by atoms with Crippen molar-refractivity contribution in [1.29, 1.82) is 0 Å². The first-order chi connectivity index (χ1) is 25.2. The zero-order valence-electron chi connectivity index (χ0n) is 30.3. The number of nitrogens with zero attached hydrogens (tertiary/aromatic N) is 1. The van der Waals surface area contributed by atoms with Crippen LogP contribution in [0.4, 0.5) is 5.69 Å². The summed E-state index contributed by atoms with van der Waals surface area (Å²) in [6.07, 6.45) is 9.72. The lowest BCUT2D eigenvalue weighted by atomic mass is 9.59. The number of ether oxygens (including phenoxy) is 6. The van der Waals surface area contributed by atoms with Crippen LogP contribution in [0.1, 0.15) is 87.1 Å². The summed E-state index contributed by atoms with van der Waals surface area (Å²) in [6.45, 7) is 5.15. The lowest BCUT2D eigenvalue weighted by Crippen LogP contribution is -2.54. The lowest BCUT2D eigenvalue weighted by molar-refractivity contribution is -0.158. The van der Waals surface area contributed by atoms with E-state index in [1.54, 1.807) is 6.07 Å². The minimum absolute atomic E-state index is 0.0467. The van der Waals surface area contributed by atoms with E-state index >= 15 is 0 Å². The van der Waals surface area contributed by atoms with Gasteiger partial charge < -0.3 is 33.7 Å². The maximum atomic E-state index is 14.0. The second-order valence-electron chi connectivity index (χ2n) is 15.0. The van der Waals surface area contributed by atoms with E-state index < -0.39 is 11.5 Å². The van der Waals surface area contributed by atoms with E-state index in [0.717, 1.165) is 61.5 Å². The molecule has 52 heavy (non-hydrogen) atoms. The molecule has 0 unspecified atom stereocenters. The normalized spacial score (nSPS) is 24.8. The van der Waals surface area contributed by atoms with Gasteiger partial charge >= 0.3 is 11.9 Å². The van der Waals surface area contributed by atoms with Gasteiger partial charge in [0, 0.05) is 35.3 Å². The monoisotopic (exact) mass is 732 g/mol. The quantitative estimate of drug-likeness (QED) is 0.139. The van der Waals surface area contributed by atoms with Crippen molar-refractivity contribution in [2.75, 3.05) is 45.6 Å². The Kier molecular flexibility index (Phi) is 10.9. The van der Waals surface area contributed by atoms with Gasteiger partial charge in [-0.1, -0.05) is 31.5 Å². The van der Waals surface area contributed by atoms with Crippen molar-refractivity contribution in [3.63, 3.8) is 0 Å². The number of esters is 2. The summed E-state index contributed by atoms with van der Waals surface area (Å²) < 4.78 is 34.1. The highest BCUT2D eigenvalue weighted by molar-refractivity contribution is 6.30. The van der Waals surface area contributed by atoms with Crippen LogP contribution in [-0.2, 0) is 42.1 Å². The zero-order chi connectivity index (χ0) is 36.3. The van der Waals surface area contributed by atoms with Gasteiger partial charge in [0.05, 0.1) is 6.61 Å². The second-order valence-corrected chi connectivity index (χ2v) is 15.5. The van der Waals surface area contributed by atoms with E-state index in [4.69, 9.17) is 40.0 Å². The number of benzene rings is 2. The number of nitrogens with one attached hydrogen (secondary N) is 1. The van der Waals surface area contributed by atoms with E-state index in [-0.39, 0.29) is 38.0 Å². The minimum atomic E-state index is -0.998. The fourth-order valence-corrected chi connectivity index (χ4v) is 9.26. The van der Waals surface area contributed by atoms with Gasteiger partial charge in [0.15, 0.2) is 11.5 Å². The summed E-state index contributed by atoms with van der Waals surface area (Å²) in [6, 6.07) is 13.8. The second kappa shape index (κ2) is 15.5. The summed E-state index contributed by atoms with van der Waals surface area (Å²) in [7, 11) is 1.42. The average molecular weight is 733 g/mol. The van der Waals surface area contributed by atoms with Gasteiger partial charge in [-0.15, -0.1) is 0 Å². The Morgan fingerprint density at radius 3 is 2.63 bits per heavy atom. The first kappa shape index (κ1) is 36.3. The van der Waals surface area contributed by atoms with Gasteiger partial charge in [-0.2, -0.15) is 0 Å². The van der Waals surface area contributed by atoms with Crippen molar-refractivity contribution < 1.29 is 38.0 Å². The summed E-state index contributed by atoms with van der Waals surface area (Å²) in [4.78, 5) is 30.5. The van der Waals surface area contributed by atoms with Crippen LogP contribution in [0.5, 0.6) is 17.2 Å². The Balaban J connectivity index is 1.11. The first-order valence-electron chi connectivity index (χ1n) is 18.6. The molecule has 7 rings (SSSR count). The van der Waals surface area contributed by atoms with Crippen LogP contribution < -0.4 is 19.5 Å². The maximum Gasteiger partial charge on any atom is 0.332 e. The van der Waals surface area contributed by atoms with E-state index in [2.05, 4.69) is 36.3 Å². The topological polar surface area (TPSA) is 114 Å². The number of anilines is 1. The van der Waals surface area contributed by atoms with Crippen molar-refractivity contribution in [3.8, 4) is 17.2 Å². The molecule has 2 heterocycles. The predicted octanol–water partition coefficient (Wildman–Crippen LogP) is 7.58. The molecule has 4 aliphatic rings. The Bertz CT molecular complexity index is 1770. The van der Waals surface area contributed by atoms with Crippen LogP contribution in [-0.4, -0.2) is 62.8 Å². The minimum Gasteiger partial charge on any atom is -0.493 e. The number of pyridine rings is 1. The highest BCUT2D eigenvalue weighted by atomic mass is 35.5. The zero-order valence-corrected chi connectivity index (χ0v) is 31.1. The SMILES string of the molecule is COCC(=O)OCCOC(=O)C1(Nc2cccc(Cl)c2)CCC2(CC1)c1cc3c(cc1C[C@@H]2C[C@@H](C)COc1ccnc2c1[C@H](C)CCC2)OCO3. The molecule has 0 amide bonds. The predicted molar refractivity (Wildman–Crippen MR) is 196 cm³/mol. The molecule has 3 atom stereocenters. The molecule has 3 aliphatic carbocycles. The number of hydrogen-bond acceptors (Lipinski definition) is 10. The van der Waals surface area contributed by atoms with Crippen molar-refractivity contribution in [1.82, 2.24) is 4.98 Å². The van der Waals surface area contributed by atoms with Gasteiger partial charge in [0.1, 0.15) is 31.1 Å². The number of aryl methyl sites for hydroxylation is 1. The third kappa shape index (κ3) is 7.42. The standard InChI is InChI=1S/C41H49ClN2O8/c1-26(23-50-34-10-15-43-33-9-4-6-27(2)38(33)34)18-29-19-28-20-35-36(52-25-51-35)22-32(28)40(29)11-13-41(14-12-40,44-31-8-5-7-30(42)21-31)39(46)49-17-16-48-37(45)24-47-3/h5,7-8,10,15,20-22,26-27,29,44H,4,6,9,11-14,16-19,23-25H2,1-3H3/t26-,27-,29+,40?,41?/m1/s1. The summed E-state index contributed by atoms with van der Waals surface area (Å²) >= 11 is 6.37. The Morgan fingerprint density at radius 2 is 1.85 bits per heavy atom. The first-order valence-corrected chi connectivity index (χ1v) is 19.0. The van der Waals surface area contributed by atoms with Crippen molar-refractivity contribution >= 4 is 29.2 Å². The van der Waals surface area contributed by atoms with Gasteiger partial charge in [-0.3, -0.25) is 4.98 Å². The smallest absolute Gasteiger partial charge is 0.332 e. The number of rotatable bonds is 13. The van der Waals surface area contributed by atoms with Crippen LogP contribution in [0.15, 0.2) is 48.7 Å². The molecule has 1 aliphatic heterocycles. The molecule has 1 fully saturated rings. The van der Waals surface area contributed by atoms with E-state index in [0.29, 0.717) is 42.2 Å². The summed E-state index contributed by atoms with van der Waals surface area (Å²) in [5.74, 6) is 2.74. The molecule has 2 aromatic carbocycles. The molecule has 1 N–H and O–H groups in total. The molecule has 1 aromatic heterocycles. The summed E-state index contributed by atoms with van der Waals surface area (Å²) in [5, 5.41) is 4.12. The fourth-order valence-electron chi connectivity index (χ4n) is 9.07. The lowest BCUT2D eigenvalue weighted by Gasteiger charge is -2.48. The molecule has 1 saturated carbocycles. The number of carbonyl (C=O) groups is 2. The van der Waals surface area contributed by atoms with Gasteiger partial charge in [0.2, 0.25) is 6.79 Å². The number of aromatic nitrogens is 1. The Hall–Kier alpha value is -4.02. The molecule has 11 heteroatoms. The van der Waals surface area contributed by atoms with Crippen LogP contribution in [0, 0.1) is 11.8 Å². The van der Waals surface area contributed by atoms with Gasteiger partial charge in [-0.05, 0) is 128 Å². The van der Waals surface area contributed by atoms with Crippen LogP contribution in [0.2, 0.25) is 5.02 Å². The van der Waals surface area contributed by atoms with Crippen LogP contribution in [0.25, 0.3) is 0 Å². The molecule has 1 spiro atoms. The van der Waals surface area contributed by atoms with Crippen molar-refractivity contribution in [3.05, 3.63) is 76.1 Å². The van der Waals surface area contributed by atoms with E-state index in [1.165, 1.54) is 35.9 Å². The molecule has 3 aromatic rings. The molecule has 10 nitrogen and oxygen atoms in total. The highest BCUT2D eigenvalue weighted by Gasteiger charge is 2.55. The number of halogens is 1. The van der Waals surface area contributed by atoms with Crippen LogP contribution in [0.3, 0.4) is 0 Å². The number of fused-ring (bicyclic) bond motifs is 4. The van der Waals surface area contributed by atoms with E-state index in [1.807, 2.05) is 30.5 Å². The Morgan fingerprint density at radius 1 is 1.06 bits per heavy atom. The maximum absolute atomic E-state index is 14.0.